The van der Waals surface area contributed by atoms with Gasteiger partial charge in [0.25, 0.3) is 5.91 Å². The van der Waals surface area contributed by atoms with Gasteiger partial charge in [0.05, 0.1) is 6.61 Å². The Morgan fingerprint density at radius 1 is 1.30 bits per heavy atom. The summed E-state index contributed by atoms with van der Waals surface area (Å²) in [7, 11) is 0. The van der Waals surface area contributed by atoms with Gasteiger partial charge in [-0.3, -0.25) is 15.6 Å². The number of amides is 1. The maximum atomic E-state index is 12.0. The first-order valence-corrected chi connectivity index (χ1v) is 7.25. The fraction of sp³-hybridized carbons (Fsp3) is 0.267. The number of aliphatic hydroxyl groups is 1. The molecule has 1 aromatic heterocycles. The summed E-state index contributed by atoms with van der Waals surface area (Å²) in [6, 6.07) is 8.79. The molecule has 0 spiro atoms. The molecule has 0 bridgehead atoms. The van der Waals surface area contributed by atoms with Crippen LogP contribution in [0.2, 0.25) is 0 Å². The van der Waals surface area contributed by atoms with Gasteiger partial charge in [0.2, 0.25) is 0 Å². The van der Waals surface area contributed by atoms with E-state index in [1.807, 2.05) is 17.9 Å². The van der Waals surface area contributed by atoms with Crippen LogP contribution in [0.15, 0.2) is 36.7 Å². The Kier molecular flexibility index (Phi) is 5.70. The molecule has 0 saturated heterocycles. The third-order valence-electron chi connectivity index (χ3n) is 3.24. The van der Waals surface area contributed by atoms with Crippen LogP contribution < -0.4 is 21.5 Å². The second-order valence-electron chi connectivity index (χ2n) is 4.71. The lowest BCUT2D eigenvalue weighted by molar-refractivity contribution is 0.0962. The smallest absolute Gasteiger partial charge is 0.269 e. The Hall–Kier alpha value is -2.87. The fourth-order valence-corrected chi connectivity index (χ4v) is 2.05. The number of anilines is 3. The monoisotopic (exact) mass is 316 g/mol. The minimum atomic E-state index is -0.298. The highest BCUT2D eigenvalue weighted by atomic mass is 16.3. The number of nitrogens with one attached hydrogen (secondary N) is 2. The molecule has 23 heavy (non-hydrogen) atoms. The van der Waals surface area contributed by atoms with E-state index in [4.69, 9.17) is 10.8 Å². The maximum absolute atomic E-state index is 12.0. The van der Waals surface area contributed by atoms with Crippen LogP contribution in [0.3, 0.4) is 0 Å². The molecule has 0 unspecified atom stereocenters. The summed E-state index contributed by atoms with van der Waals surface area (Å²) < 4.78 is 0. The molecule has 0 aliphatic heterocycles. The van der Waals surface area contributed by atoms with Crippen molar-refractivity contribution in [2.75, 3.05) is 35.8 Å². The van der Waals surface area contributed by atoms with Crippen molar-refractivity contribution in [3.05, 3.63) is 42.2 Å². The van der Waals surface area contributed by atoms with Crippen LogP contribution in [0.25, 0.3) is 0 Å². The summed E-state index contributed by atoms with van der Waals surface area (Å²) in [6.45, 7) is 2.97. The molecular weight excluding hydrogens is 296 g/mol. The van der Waals surface area contributed by atoms with Crippen molar-refractivity contribution >= 4 is 23.2 Å². The quantitative estimate of drug-likeness (QED) is 0.554. The van der Waals surface area contributed by atoms with Crippen LogP contribution in [0.4, 0.5) is 17.3 Å². The van der Waals surface area contributed by atoms with E-state index in [9.17, 15) is 4.79 Å². The minimum absolute atomic E-state index is 0.00914. The van der Waals surface area contributed by atoms with E-state index in [-0.39, 0.29) is 12.5 Å². The summed E-state index contributed by atoms with van der Waals surface area (Å²) in [4.78, 5) is 22.0. The summed E-state index contributed by atoms with van der Waals surface area (Å²) in [5.41, 5.74) is 12.1. The van der Waals surface area contributed by atoms with Gasteiger partial charge in [0.1, 0.15) is 12.0 Å². The second kappa shape index (κ2) is 7.95. The molecule has 8 heteroatoms. The number of likely N-dealkylation sites (N-methyl/N-ethyl adjacent to an activating group) is 1. The number of hydrazine groups is 1. The van der Waals surface area contributed by atoms with Crippen molar-refractivity contribution < 1.29 is 9.90 Å². The third-order valence-corrected chi connectivity index (χ3v) is 3.24. The van der Waals surface area contributed by atoms with Crippen molar-refractivity contribution in [3.63, 3.8) is 0 Å². The van der Waals surface area contributed by atoms with E-state index in [0.717, 1.165) is 0 Å². The Bertz CT molecular complexity index is 650. The van der Waals surface area contributed by atoms with Crippen LogP contribution in [0.1, 0.15) is 17.3 Å². The van der Waals surface area contributed by atoms with Crippen molar-refractivity contribution in [1.29, 1.82) is 0 Å². The van der Waals surface area contributed by atoms with Gasteiger partial charge in [0, 0.05) is 18.7 Å². The van der Waals surface area contributed by atoms with Crippen LogP contribution >= 0.6 is 0 Å². The molecule has 0 saturated carbocycles. The van der Waals surface area contributed by atoms with Crippen molar-refractivity contribution in [2.24, 2.45) is 0 Å². The lowest BCUT2D eigenvalue weighted by Crippen LogP contribution is -2.32. The maximum Gasteiger partial charge on any atom is 0.269 e. The molecule has 0 radical (unpaired) electrons. The molecule has 8 nitrogen and oxygen atoms in total. The van der Waals surface area contributed by atoms with Crippen molar-refractivity contribution in [2.45, 2.75) is 6.92 Å². The van der Waals surface area contributed by atoms with E-state index < -0.39 is 0 Å². The Morgan fingerprint density at radius 3 is 2.70 bits per heavy atom. The predicted molar refractivity (Wildman–Crippen MR) is 88.9 cm³/mol. The third kappa shape index (κ3) is 4.07. The molecular formula is C15H20N6O2. The lowest BCUT2D eigenvalue weighted by Gasteiger charge is -2.23. The number of rotatable bonds is 7. The SMILES string of the molecule is CCN(CCO)c1ncnc(NNC(=O)c2ccccc2)c1N. The number of nitrogens with zero attached hydrogens (tertiary/aromatic N) is 3. The second-order valence-corrected chi connectivity index (χ2v) is 4.71. The molecule has 0 aliphatic carbocycles. The number of benzene rings is 1. The van der Waals surface area contributed by atoms with Crippen LogP contribution in [0, 0.1) is 0 Å². The predicted octanol–water partition coefficient (Wildman–Crippen LogP) is 0.634. The van der Waals surface area contributed by atoms with Crippen molar-refractivity contribution in [1.82, 2.24) is 15.4 Å². The van der Waals surface area contributed by atoms with Gasteiger partial charge >= 0.3 is 0 Å². The summed E-state index contributed by atoms with van der Waals surface area (Å²) in [6.07, 6.45) is 1.35. The highest BCUT2D eigenvalue weighted by Gasteiger charge is 2.14. The van der Waals surface area contributed by atoms with Gasteiger partial charge in [-0.05, 0) is 19.1 Å². The molecule has 0 atom stereocenters. The number of aliphatic hydroxyl groups excluding tert-OH is 1. The van der Waals surface area contributed by atoms with Gasteiger partial charge in [-0.1, -0.05) is 18.2 Å². The van der Waals surface area contributed by atoms with Crippen LogP contribution in [-0.2, 0) is 0 Å². The van der Waals surface area contributed by atoms with Gasteiger partial charge in [-0.15, -0.1) is 0 Å². The van der Waals surface area contributed by atoms with E-state index in [1.165, 1.54) is 6.33 Å². The molecule has 0 aliphatic rings. The minimum Gasteiger partial charge on any atom is -0.395 e. The zero-order valence-electron chi connectivity index (χ0n) is 12.9. The Balaban J connectivity index is 2.10. The lowest BCUT2D eigenvalue weighted by atomic mass is 10.2. The van der Waals surface area contributed by atoms with Crippen molar-refractivity contribution in [3.8, 4) is 0 Å². The molecule has 0 fully saturated rings. The van der Waals surface area contributed by atoms with E-state index in [0.29, 0.717) is 36.0 Å². The number of aromatic nitrogens is 2. The number of carbonyl (C=O) groups is 1. The average Bonchev–Trinajstić information content (AvgIpc) is 2.59. The highest BCUT2D eigenvalue weighted by molar-refractivity contribution is 5.95. The molecule has 2 rings (SSSR count). The van der Waals surface area contributed by atoms with Gasteiger partial charge in [-0.25, -0.2) is 9.97 Å². The zero-order chi connectivity index (χ0) is 16.7. The highest BCUT2D eigenvalue weighted by Crippen LogP contribution is 2.25. The molecule has 5 N–H and O–H groups in total. The van der Waals surface area contributed by atoms with Crippen LogP contribution in [-0.4, -0.2) is 40.7 Å². The number of carbonyl (C=O) groups excluding carboxylic acids is 1. The fourth-order valence-electron chi connectivity index (χ4n) is 2.05. The Labute approximate surface area is 134 Å². The summed E-state index contributed by atoms with van der Waals surface area (Å²) >= 11 is 0. The Morgan fingerprint density at radius 2 is 2.04 bits per heavy atom. The first-order valence-electron chi connectivity index (χ1n) is 7.25. The first-order chi connectivity index (χ1) is 11.2. The van der Waals surface area contributed by atoms with E-state index in [2.05, 4.69) is 20.8 Å². The average molecular weight is 316 g/mol. The largest absolute Gasteiger partial charge is 0.395 e. The molecule has 1 heterocycles. The number of hydrogen-bond acceptors (Lipinski definition) is 7. The van der Waals surface area contributed by atoms with Gasteiger partial charge in [-0.2, -0.15) is 0 Å². The number of nitrogen functional groups attached to an aromatic ring is 1. The standard InChI is InChI=1S/C15H20N6O2/c1-2-21(8-9-22)14-12(16)13(17-10-18-14)19-20-15(23)11-6-4-3-5-7-11/h3-7,10,22H,2,8-9,16H2,1H3,(H,20,23)(H,17,18,19). The van der Waals surface area contributed by atoms with E-state index >= 15 is 0 Å². The van der Waals surface area contributed by atoms with Gasteiger partial charge < -0.3 is 15.7 Å². The topological polar surface area (TPSA) is 116 Å². The molecule has 1 amide bonds. The normalized spacial score (nSPS) is 10.2. The molecule has 122 valence electrons. The van der Waals surface area contributed by atoms with E-state index in [1.54, 1.807) is 24.3 Å². The summed E-state index contributed by atoms with van der Waals surface area (Å²) in [5.74, 6) is 0.511. The zero-order valence-corrected chi connectivity index (χ0v) is 12.9. The van der Waals surface area contributed by atoms with Crippen LogP contribution in [0.5, 0.6) is 0 Å². The number of hydrogen-bond donors (Lipinski definition) is 4. The number of nitrogens with two attached hydrogens (primary N) is 1. The summed E-state index contributed by atoms with van der Waals surface area (Å²) in [5, 5.41) is 9.09. The van der Waals surface area contributed by atoms with Gasteiger partial charge in [0.15, 0.2) is 11.6 Å². The first kappa shape index (κ1) is 16.5. The molecule has 2 aromatic rings. The molecule has 1 aromatic carbocycles.